The lowest BCUT2D eigenvalue weighted by molar-refractivity contribution is -0.124. The standard InChI is InChI=1S/C13H24N2OS/c1-3-6-10(11(14)17)12(16)15-9-13(4-2)7-5-8-13/h10H,3-9H2,1-2H3,(H2,14,17)(H,15,16). The molecule has 0 bridgehead atoms. The minimum atomic E-state index is -0.288. The van der Waals surface area contributed by atoms with Gasteiger partial charge in [0.25, 0.3) is 0 Å². The van der Waals surface area contributed by atoms with Gasteiger partial charge in [-0.25, -0.2) is 0 Å². The predicted octanol–water partition coefficient (Wildman–Crippen LogP) is 2.39. The fraction of sp³-hybridized carbons (Fsp3) is 0.846. The van der Waals surface area contributed by atoms with E-state index in [0.29, 0.717) is 10.4 Å². The first-order chi connectivity index (χ1) is 8.04. The molecule has 0 heterocycles. The summed E-state index contributed by atoms with van der Waals surface area (Å²) in [7, 11) is 0. The van der Waals surface area contributed by atoms with Crippen molar-refractivity contribution < 1.29 is 4.79 Å². The van der Waals surface area contributed by atoms with E-state index in [1.165, 1.54) is 19.3 Å². The highest BCUT2D eigenvalue weighted by atomic mass is 32.1. The molecule has 98 valence electrons. The summed E-state index contributed by atoms with van der Waals surface area (Å²) in [4.78, 5) is 12.3. The highest BCUT2D eigenvalue weighted by molar-refractivity contribution is 7.80. The fourth-order valence-corrected chi connectivity index (χ4v) is 2.65. The Hall–Kier alpha value is -0.640. The Labute approximate surface area is 110 Å². The molecule has 1 fully saturated rings. The van der Waals surface area contributed by atoms with Gasteiger partial charge in [0, 0.05) is 6.54 Å². The van der Waals surface area contributed by atoms with Crippen molar-refractivity contribution in [3.8, 4) is 0 Å². The summed E-state index contributed by atoms with van der Waals surface area (Å²) < 4.78 is 0. The Balaban J connectivity index is 2.44. The maximum Gasteiger partial charge on any atom is 0.229 e. The van der Waals surface area contributed by atoms with Gasteiger partial charge in [0.05, 0.1) is 10.9 Å². The van der Waals surface area contributed by atoms with Crippen LogP contribution < -0.4 is 11.1 Å². The molecule has 1 saturated carbocycles. The normalized spacial score (nSPS) is 19.2. The molecule has 0 aromatic heterocycles. The molecule has 3 N–H and O–H groups in total. The van der Waals surface area contributed by atoms with Gasteiger partial charge in [-0.15, -0.1) is 0 Å². The van der Waals surface area contributed by atoms with Crippen LogP contribution in [0.5, 0.6) is 0 Å². The third-order valence-corrected chi connectivity index (χ3v) is 4.32. The van der Waals surface area contributed by atoms with Gasteiger partial charge >= 0.3 is 0 Å². The van der Waals surface area contributed by atoms with Crippen LogP contribution in [-0.4, -0.2) is 17.4 Å². The van der Waals surface area contributed by atoms with Crippen molar-refractivity contribution in [2.45, 2.75) is 52.4 Å². The van der Waals surface area contributed by atoms with E-state index in [1.54, 1.807) is 0 Å². The number of carbonyl (C=O) groups is 1. The van der Waals surface area contributed by atoms with Gasteiger partial charge < -0.3 is 11.1 Å². The lowest BCUT2D eigenvalue weighted by Crippen LogP contribution is -2.45. The Morgan fingerprint density at radius 1 is 1.47 bits per heavy atom. The van der Waals surface area contributed by atoms with Crippen molar-refractivity contribution in [1.82, 2.24) is 5.32 Å². The quantitative estimate of drug-likeness (QED) is 0.688. The molecule has 0 aromatic rings. The molecule has 0 aromatic carbocycles. The summed E-state index contributed by atoms with van der Waals surface area (Å²) in [6, 6.07) is 0. The first kappa shape index (κ1) is 14.4. The van der Waals surface area contributed by atoms with Gasteiger partial charge in [0.1, 0.15) is 0 Å². The molecule has 0 spiro atoms. The first-order valence-electron chi connectivity index (χ1n) is 6.61. The topological polar surface area (TPSA) is 55.1 Å². The maximum absolute atomic E-state index is 12.0. The van der Waals surface area contributed by atoms with Crippen LogP contribution in [0, 0.1) is 11.3 Å². The molecule has 1 rings (SSSR count). The van der Waals surface area contributed by atoms with Crippen LogP contribution in [0.25, 0.3) is 0 Å². The van der Waals surface area contributed by atoms with Crippen LogP contribution in [0.3, 0.4) is 0 Å². The van der Waals surface area contributed by atoms with Crippen LogP contribution in [0.15, 0.2) is 0 Å². The second-order valence-electron chi connectivity index (χ2n) is 5.17. The highest BCUT2D eigenvalue weighted by Crippen LogP contribution is 2.43. The van der Waals surface area contributed by atoms with E-state index in [-0.39, 0.29) is 11.8 Å². The van der Waals surface area contributed by atoms with Crippen LogP contribution in [0.1, 0.15) is 52.4 Å². The van der Waals surface area contributed by atoms with Crippen molar-refractivity contribution in [3.63, 3.8) is 0 Å². The number of hydrogen-bond donors (Lipinski definition) is 2. The Kier molecular flexibility index (Phi) is 5.37. The molecule has 1 unspecified atom stereocenters. The van der Waals surface area contributed by atoms with Gasteiger partial charge in [0.15, 0.2) is 0 Å². The molecule has 1 atom stereocenters. The van der Waals surface area contributed by atoms with Crippen LogP contribution in [-0.2, 0) is 4.79 Å². The second kappa shape index (κ2) is 6.34. The van der Waals surface area contributed by atoms with Crippen LogP contribution >= 0.6 is 12.2 Å². The summed E-state index contributed by atoms with van der Waals surface area (Å²) in [5.74, 6) is -0.275. The van der Waals surface area contributed by atoms with E-state index >= 15 is 0 Å². The zero-order chi connectivity index (χ0) is 12.9. The molecular formula is C13H24N2OS. The number of hydrogen-bond acceptors (Lipinski definition) is 2. The molecule has 0 radical (unpaired) electrons. The number of carbonyl (C=O) groups excluding carboxylic acids is 1. The van der Waals surface area contributed by atoms with Crippen molar-refractivity contribution >= 4 is 23.1 Å². The van der Waals surface area contributed by atoms with Crippen LogP contribution in [0.2, 0.25) is 0 Å². The average molecular weight is 256 g/mol. The summed E-state index contributed by atoms with van der Waals surface area (Å²) in [5.41, 5.74) is 5.96. The SMILES string of the molecule is CCCC(C(=O)NCC1(CC)CCC1)C(N)=S. The Morgan fingerprint density at radius 3 is 2.47 bits per heavy atom. The van der Waals surface area contributed by atoms with Crippen molar-refractivity contribution in [2.24, 2.45) is 17.1 Å². The predicted molar refractivity (Wildman–Crippen MR) is 74.8 cm³/mol. The Morgan fingerprint density at radius 2 is 2.12 bits per heavy atom. The summed E-state index contributed by atoms with van der Waals surface area (Å²) >= 11 is 4.95. The molecule has 1 aliphatic carbocycles. The van der Waals surface area contributed by atoms with E-state index in [4.69, 9.17) is 18.0 Å². The molecule has 17 heavy (non-hydrogen) atoms. The minimum absolute atomic E-state index is 0.0130. The molecule has 3 nitrogen and oxygen atoms in total. The number of amides is 1. The van der Waals surface area contributed by atoms with E-state index in [0.717, 1.165) is 25.8 Å². The third kappa shape index (κ3) is 3.66. The molecular weight excluding hydrogens is 232 g/mol. The average Bonchev–Trinajstić information content (AvgIpc) is 2.24. The van der Waals surface area contributed by atoms with Crippen molar-refractivity contribution in [3.05, 3.63) is 0 Å². The highest BCUT2D eigenvalue weighted by Gasteiger charge is 2.35. The zero-order valence-corrected chi connectivity index (χ0v) is 11.7. The lowest BCUT2D eigenvalue weighted by Gasteiger charge is -2.41. The maximum atomic E-state index is 12.0. The van der Waals surface area contributed by atoms with Gasteiger partial charge in [-0.2, -0.15) is 0 Å². The molecule has 0 saturated heterocycles. The zero-order valence-electron chi connectivity index (χ0n) is 10.9. The lowest BCUT2D eigenvalue weighted by atomic mass is 9.67. The summed E-state index contributed by atoms with van der Waals surface area (Å²) in [6.45, 7) is 5.02. The van der Waals surface area contributed by atoms with Gasteiger partial charge in [0.2, 0.25) is 5.91 Å². The molecule has 0 aliphatic heterocycles. The second-order valence-corrected chi connectivity index (χ2v) is 5.64. The van der Waals surface area contributed by atoms with E-state index in [9.17, 15) is 4.79 Å². The van der Waals surface area contributed by atoms with Crippen LogP contribution in [0.4, 0.5) is 0 Å². The number of thiocarbonyl (C=S) groups is 1. The molecule has 1 amide bonds. The van der Waals surface area contributed by atoms with E-state index in [1.807, 2.05) is 6.92 Å². The summed E-state index contributed by atoms with van der Waals surface area (Å²) in [5, 5.41) is 3.04. The monoisotopic (exact) mass is 256 g/mol. The summed E-state index contributed by atoms with van der Waals surface area (Å²) in [6.07, 6.45) is 6.56. The molecule has 4 heteroatoms. The van der Waals surface area contributed by atoms with Gasteiger partial charge in [-0.1, -0.05) is 38.9 Å². The number of rotatable bonds is 7. The molecule has 1 aliphatic rings. The van der Waals surface area contributed by atoms with Gasteiger partial charge in [-0.05, 0) is 31.1 Å². The minimum Gasteiger partial charge on any atom is -0.393 e. The van der Waals surface area contributed by atoms with E-state index < -0.39 is 0 Å². The van der Waals surface area contributed by atoms with E-state index in [2.05, 4.69) is 12.2 Å². The number of nitrogens with one attached hydrogen (secondary N) is 1. The van der Waals surface area contributed by atoms with Gasteiger partial charge in [-0.3, -0.25) is 4.79 Å². The third-order valence-electron chi connectivity index (χ3n) is 4.04. The van der Waals surface area contributed by atoms with Crippen molar-refractivity contribution in [1.29, 1.82) is 0 Å². The number of nitrogens with two attached hydrogens (primary N) is 1. The smallest absolute Gasteiger partial charge is 0.229 e. The largest absolute Gasteiger partial charge is 0.393 e. The Bertz CT molecular complexity index is 282. The first-order valence-corrected chi connectivity index (χ1v) is 7.02. The fourth-order valence-electron chi connectivity index (χ4n) is 2.42. The van der Waals surface area contributed by atoms with Crippen molar-refractivity contribution in [2.75, 3.05) is 6.54 Å².